The molecule has 0 saturated carbocycles. The number of hydrogen-bond acceptors (Lipinski definition) is 2. The Kier molecular flexibility index (Phi) is 4.94. The van der Waals surface area contributed by atoms with Crippen LogP contribution >= 0.6 is 15.9 Å². The van der Waals surface area contributed by atoms with E-state index in [2.05, 4.69) is 39.3 Å². The quantitative estimate of drug-likeness (QED) is 0.901. The molecule has 2 rings (SSSR count). The third-order valence-corrected chi connectivity index (χ3v) is 4.09. The lowest BCUT2D eigenvalue weighted by Gasteiger charge is -2.19. The molecule has 0 fully saturated rings. The first-order valence-electron chi connectivity index (χ1n) is 6.71. The average molecular weight is 340 g/mol. The van der Waals surface area contributed by atoms with Crippen LogP contribution in [0.25, 0.3) is 0 Å². The molecule has 1 unspecified atom stereocenters. The lowest BCUT2D eigenvalue weighted by atomic mass is 10.0. The molecule has 1 aromatic heterocycles. The summed E-state index contributed by atoms with van der Waals surface area (Å²) in [6.07, 6.45) is 0.699. The lowest BCUT2D eigenvalue weighted by Crippen LogP contribution is -2.22. The zero-order valence-corrected chi connectivity index (χ0v) is 13.5. The Hall–Kier alpha value is -1.20. The summed E-state index contributed by atoms with van der Waals surface area (Å²) in [4.78, 5) is 0. The number of aryl methyl sites for hydroxylation is 2. The number of rotatable bonds is 5. The van der Waals surface area contributed by atoms with E-state index >= 15 is 0 Å². The topological polar surface area (TPSA) is 29.9 Å². The minimum absolute atomic E-state index is 0.0908. The van der Waals surface area contributed by atoms with Crippen molar-refractivity contribution in [2.45, 2.75) is 32.9 Å². The van der Waals surface area contributed by atoms with E-state index in [9.17, 15) is 4.39 Å². The Labute approximate surface area is 127 Å². The summed E-state index contributed by atoms with van der Waals surface area (Å²) in [5.74, 6) is -0.196. The van der Waals surface area contributed by atoms with Crippen molar-refractivity contribution in [2.24, 2.45) is 0 Å². The molecule has 0 aliphatic heterocycles. The standard InChI is InChI=1S/C15H19BrFN3/c1-4-20-11(8-10(2)19-20)9-14(18-3)15-12(16)6-5-7-13(15)17/h5-8,14,18H,4,9H2,1-3H3. The van der Waals surface area contributed by atoms with Gasteiger partial charge in [0.15, 0.2) is 0 Å². The number of nitrogens with one attached hydrogen (secondary N) is 1. The van der Waals surface area contributed by atoms with E-state index in [1.54, 1.807) is 6.07 Å². The average Bonchev–Trinajstić information content (AvgIpc) is 2.77. The van der Waals surface area contributed by atoms with Crippen LogP contribution in [0.3, 0.4) is 0 Å². The lowest BCUT2D eigenvalue weighted by molar-refractivity contribution is 0.508. The van der Waals surface area contributed by atoms with Gasteiger partial charge in [-0.2, -0.15) is 5.10 Å². The molecule has 0 radical (unpaired) electrons. The second-order valence-corrected chi connectivity index (χ2v) is 5.63. The summed E-state index contributed by atoms with van der Waals surface area (Å²) in [6.45, 7) is 4.85. The molecule has 5 heteroatoms. The number of nitrogens with zero attached hydrogens (tertiary/aromatic N) is 2. The zero-order valence-electron chi connectivity index (χ0n) is 12.0. The van der Waals surface area contributed by atoms with Crippen molar-refractivity contribution in [3.05, 3.63) is 51.5 Å². The molecule has 2 aromatic rings. The maximum Gasteiger partial charge on any atom is 0.129 e. The minimum Gasteiger partial charge on any atom is -0.313 e. The Balaban J connectivity index is 2.33. The van der Waals surface area contributed by atoms with Crippen LogP contribution in [-0.4, -0.2) is 16.8 Å². The molecule has 0 aliphatic carbocycles. The minimum atomic E-state index is -0.196. The van der Waals surface area contributed by atoms with Gasteiger partial charge in [-0.3, -0.25) is 4.68 Å². The molecule has 1 heterocycles. The van der Waals surface area contributed by atoms with Crippen LogP contribution < -0.4 is 5.32 Å². The van der Waals surface area contributed by atoms with Gasteiger partial charge >= 0.3 is 0 Å². The molecule has 3 nitrogen and oxygen atoms in total. The summed E-state index contributed by atoms with van der Waals surface area (Å²) in [6, 6.07) is 7.03. The van der Waals surface area contributed by atoms with Crippen molar-refractivity contribution in [1.82, 2.24) is 15.1 Å². The van der Waals surface area contributed by atoms with E-state index in [1.807, 2.05) is 24.7 Å². The van der Waals surface area contributed by atoms with E-state index in [0.717, 1.165) is 22.4 Å². The van der Waals surface area contributed by atoms with Gasteiger partial charge in [-0.15, -0.1) is 0 Å². The van der Waals surface area contributed by atoms with E-state index in [4.69, 9.17) is 0 Å². The monoisotopic (exact) mass is 339 g/mol. The number of aromatic nitrogens is 2. The fourth-order valence-electron chi connectivity index (χ4n) is 2.44. The highest BCUT2D eigenvalue weighted by Gasteiger charge is 2.19. The first-order valence-corrected chi connectivity index (χ1v) is 7.50. The summed E-state index contributed by atoms with van der Waals surface area (Å²) in [5, 5.41) is 7.64. The molecule has 1 aromatic carbocycles. The molecule has 1 N–H and O–H groups in total. The molecule has 0 saturated heterocycles. The highest BCUT2D eigenvalue weighted by molar-refractivity contribution is 9.10. The fraction of sp³-hybridized carbons (Fsp3) is 0.400. The molecule has 0 amide bonds. The van der Waals surface area contributed by atoms with Crippen LogP contribution in [0, 0.1) is 12.7 Å². The molecular weight excluding hydrogens is 321 g/mol. The summed E-state index contributed by atoms with van der Waals surface area (Å²) in [5.41, 5.74) is 2.76. The van der Waals surface area contributed by atoms with Crippen LogP contribution in [-0.2, 0) is 13.0 Å². The molecule has 0 aliphatic rings. The van der Waals surface area contributed by atoms with Crippen molar-refractivity contribution in [2.75, 3.05) is 7.05 Å². The van der Waals surface area contributed by atoms with Gasteiger partial charge in [0.25, 0.3) is 0 Å². The van der Waals surface area contributed by atoms with E-state index in [0.29, 0.717) is 12.0 Å². The third kappa shape index (κ3) is 3.10. The van der Waals surface area contributed by atoms with Crippen molar-refractivity contribution in [3.63, 3.8) is 0 Å². The number of halogens is 2. The number of likely N-dealkylation sites (N-methyl/N-ethyl adjacent to an activating group) is 1. The van der Waals surface area contributed by atoms with Gasteiger partial charge in [-0.05, 0) is 39.1 Å². The molecule has 0 bridgehead atoms. The van der Waals surface area contributed by atoms with Gasteiger partial charge in [0.2, 0.25) is 0 Å². The molecule has 0 spiro atoms. The van der Waals surface area contributed by atoms with Gasteiger partial charge in [0.05, 0.1) is 5.69 Å². The van der Waals surface area contributed by atoms with Crippen LogP contribution in [0.15, 0.2) is 28.7 Å². The summed E-state index contributed by atoms with van der Waals surface area (Å²) in [7, 11) is 1.85. The first-order chi connectivity index (χ1) is 9.56. The Bertz CT molecular complexity index is 575. The number of hydrogen-bond donors (Lipinski definition) is 1. The third-order valence-electron chi connectivity index (χ3n) is 3.39. The maximum absolute atomic E-state index is 14.1. The van der Waals surface area contributed by atoms with Gasteiger partial charge in [-0.25, -0.2) is 4.39 Å². The van der Waals surface area contributed by atoms with Crippen LogP contribution in [0.2, 0.25) is 0 Å². The Morgan fingerprint density at radius 3 is 2.80 bits per heavy atom. The van der Waals surface area contributed by atoms with Gasteiger partial charge in [0, 0.05) is 34.7 Å². The Morgan fingerprint density at radius 2 is 2.20 bits per heavy atom. The van der Waals surface area contributed by atoms with Crippen molar-refractivity contribution in [3.8, 4) is 0 Å². The van der Waals surface area contributed by atoms with Crippen LogP contribution in [0.1, 0.15) is 29.9 Å². The van der Waals surface area contributed by atoms with Gasteiger partial charge < -0.3 is 5.32 Å². The zero-order chi connectivity index (χ0) is 14.7. The normalized spacial score (nSPS) is 12.7. The summed E-state index contributed by atoms with van der Waals surface area (Å²) >= 11 is 3.44. The highest BCUT2D eigenvalue weighted by atomic mass is 79.9. The van der Waals surface area contributed by atoms with E-state index in [-0.39, 0.29) is 11.9 Å². The molecule has 20 heavy (non-hydrogen) atoms. The van der Waals surface area contributed by atoms with Crippen molar-refractivity contribution < 1.29 is 4.39 Å². The second kappa shape index (κ2) is 6.50. The SMILES string of the molecule is CCn1nc(C)cc1CC(NC)c1c(F)cccc1Br. The molecule has 1 atom stereocenters. The molecular formula is C15H19BrFN3. The predicted octanol–water partition coefficient (Wildman–Crippen LogP) is 3.62. The van der Waals surface area contributed by atoms with E-state index < -0.39 is 0 Å². The fourth-order valence-corrected chi connectivity index (χ4v) is 3.06. The van der Waals surface area contributed by atoms with Gasteiger partial charge in [-0.1, -0.05) is 22.0 Å². The largest absolute Gasteiger partial charge is 0.313 e. The van der Waals surface area contributed by atoms with Crippen LogP contribution in [0.4, 0.5) is 4.39 Å². The van der Waals surface area contributed by atoms with Gasteiger partial charge in [0.1, 0.15) is 5.82 Å². The number of benzene rings is 1. The summed E-state index contributed by atoms with van der Waals surface area (Å²) < 4.78 is 16.8. The maximum atomic E-state index is 14.1. The van der Waals surface area contributed by atoms with Crippen molar-refractivity contribution in [1.29, 1.82) is 0 Å². The predicted molar refractivity (Wildman–Crippen MR) is 82.2 cm³/mol. The van der Waals surface area contributed by atoms with E-state index in [1.165, 1.54) is 6.07 Å². The van der Waals surface area contributed by atoms with Crippen LogP contribution in [0.5, 0.6) is 0 Å². The van der Waals surface area contributed by atoms with Crippen molar-refractivity contribution >= 4 is 15.9 Å². The smallest absolute Gasteiger partial charge is 0.129 e. The first kappa shape index (κ1) is 15.2. The Morgan fingerprint density at radius 1 is 1.45 bits per heavy atom. The molecule has 108 valence electrons. The second-order valence-electron chi connectivity index (χ2n) is 4.77. The highest BCUT2D eigenvalue weighted by Crippen LogP contribution is 2.28.